The largest absolute Gasteiger partial charge is 0.380 e. The Morgan fingerprint density at radius 1 is 1.00 bits per heavy atom. The van der Waals surface area contributed by atoms with Gasteiger partial charge in [-0.1, -0.05) is 0 Å². The lowest BCUT2D eigenvalue weighted by molar-refractivity contribution is 0.0765. The fourth-order valence-corrected chi connectivity index (χ4v) is 2.48. The zero-order chi connectivity index (χ0) is 14.1. The summed E-state index contributed by atoms with van der Waals surface area (Å²) in [5.74, 6) is 0. The van der Waals surface area contributed by atoms with Crippen LogP contribution < -0.4 is 5.32 Å². The van der Waals surface area contributed by atoms with Crippen LogP contribution in [0.25, 0.3) is 0 Å². The Bertz CT molecular complexity index is 207. The van der Waals surface area contributed by atoms with Gasteiger partial charge >= 0.3 is 0 Å². The van der Waals surface area contributed by atoms with E-state index in [1.165, 1.54) is 38.6 Å². The van der Waals surface area contributed by atoms with Crippen LogP contribution in [0.4, 0.5) is 0 Å². The predicted octanol–water partition coefficient (Wildman–Crippen LogP) is 3.04. The number of unbranched alkanes of at least 4 members (excludes halogenated alkanes) is 2. The molecule has 0 aromatic rings. The van der Waals surface area contributed by atoms with Crippen molar-refractivity contribution in [1.29, 1.82) is 0 Å². The molecule has 3 nitrogen and oxygen atoms in total. The molecule has 0 atom stereocenters. The number of hydrogen-bond acceptors (Lipinski definition) is 3. The summed E-state index contributed by atoms with van der Waals surface area (Å²) in [6.45, 7) is 13.1. The first-order valence-corrected chi connectivity index (χ1v) is 8.18. The maximum Gasteiger partial charge on any atom is 0.0593 e. The second-order valence-electron chi connectivity index (χ2n) is 6.33. The summed E-state index contributed by atoms with van der Waals surface area (Å²) < 4.78 is 5.74. The van der Waals surface area contributed by atoms with E-state index in [9.17, 15) is 0 Å². The van der Waals surface area contributed by atoms with E-state index in [1.807, 2.05) is 0 Å². The topological polar surface area (TPSA) is 24.5 Å². The van der Waals surface area contributed by atoms with Crippen LogP contribution in [0.15, 0.2) is 0 Å². The van der Waals surface area contributed by atoms with Crippen LogP contribution in [-0.4, -0.2) is 49.3 Å². The van der Waals surface area contributed by atoms with E-state index in [-0.39, 0.29) is 0 Å². The fourth-order valence-electron chi connectivity index (χ4n) is 2.48. The van der Waals surface area contributed by atoms with Crippen LogP contribution in [0, 0.1) is 0 Å². The predicted molar refractivity (Wildman–Crippen MR) is 82.7 cm³/mol. The standard InChI is InChI=1S/C16H34N2O/c1-14(2)18(15(3)4)11-13-19-12-7-5-6-10-17-16-8-9-16/h14-17H,5-13H2,1-4H3. The molecule has 0 aromatic carbocycles. The van der Waals surface area contributed by atoms with Crippen molar-refractivity contribution in [3.8, 4) is 0 Å². The van der Waals surface area contributed by atoms with Crippen molar-refractivity contribution in [3.63, 3.8) is 0 Å². The molecule has 1 saturated carbocycles. The molecule has 114 valence electrons. The first-order valence-electron chi connectivity index (χ1n) is 8.18. The van der Waals surface area contributed by atoms with E-state index in [4.69, 9.17) is 4.74 Å². The summed E-state index contributed by atoms with van der Waals surface area (Å²) >= 11 is 0. The van der Waals surface area contributed by atoms with Crippen LogP contribution in [0.3, 0.4) is 0 Å². The first-order chi connectivity index (χ1) is 9.11. The molecule has 0 unspecified atom stereocenters. The number of rotatable bonds is 12. The van der Waals surface area contributed by atoms with E-state index in [2.05, 4.69) is 37.9 Å². The highest BCUT2D eigenvalue weighted by atomic mass is 16.5. The Balaban J connectivity index is 1.83. The third kappa shape index (κ3) is 8.61. The Morgan fingerprint density at radius 2 is 1.68 bits per heavy atom. The highest BCUT2D eigenvalue weighted by Crippen LogP contribution is 2.18. The molecule has 1 fully saturated rings. The van der Waals surface area contributed by atoms with Gasteiger partial charge in [-0.05, 0) is 66.3 Å². The third-order valence-electron chi connectivity index (χ3n) is 3.80. The lowest BCUT2D eigenvalue weighted by Crippen LogP contribution is -2.39. The minimum atomic E-state index is 0.608. The van der Waals surface area contributed by atoms with E-state index in [1.54, 1.807) is 0 Å². The molecule has 1 rings (SSSR count). The van der Waals surface area contributed by atoms with Gasteiger partial charge in [-0.2, -0.15) is 0 Å². The van der Waals surface area contributed by atoms with E-state index in [0.717, 1.165) is 25.8 Å². The van der Waals surface area contributed by atoms with E-state index in [0.29, 0.717) is 12.1 Å². The Morgan fingerprint density at radius 3 is 2.26 bits per heavy atom. The van der Waals surface area contributed by atoms with Crippen molar-refractivity contribution in [3.05, 3.63) is 0 Å². The van der Waals surface area contributed by atoms with Crippen LogP contribution >= 0.6 is 0 Å². The SMILES string of the molecule is CC(C)N(CCOCCCCCNC1CC1)C(C)C. The van der Waals surface area contributed by atoms with Gasteiger partial charge in [0.2, 0.25) is 0 Å². The van der Waals surface area contributed by atoms with Crippen molar-refractivity contribution in [2.24, 2.45) is 0 Å². The molecule has 19 heavy (non-hydrogen) atoms. The molecule has 3 heteroatoms. The fraction of sp³-hybridized carbons (Fsp3) is 1.00. The summed E-state index contributed by atoms with van der Waals surface area (Å²) in [5.41, 5.74) is 0. The van der Waals surface area contributed by atoms with Gasteiger partial charge in [0.1, 0.15) is 0 Å². The average molecular weight is 270 g/mol. The summed E-state index contributed by atoms with van der Waals surface area (Å²) in [7, 11) is 0. The molecule has 0 saturated heterocycles. The van der Waals surface area contributed by atoms with Gasteiger partial charge in [0.05, 0.1) is 6.61 Å². The molecule has 0 aliphatic heterocycles. The van der Waals surface area contributed by atoms with Crippen molar-refractivity contribution in [2.75, 3.05) is 26.3 Å². The van der Waals surface area contributed by atoms with Crippen LogP contribution in [0.2, 0.25) is 0 Å². The smallest absolute Gasteiger partial charge is 0.0593 e. The average Bonchev–Trinajstić information content (AvgIpc) is 3.14. The van der Waals surface area contributed by atoms with Crippen LogP contribution in [-0.2, 0) is 4.74 Å². The second-order valence-corrected chi connectivity index (χ2v) is 6.33. The summed E-state index contributed by atoms with van der Waals surface area (Å²) in [4.78, 5) is 2.49. The molecule has 0 aromatic heterocycles. The number of nitrogens with zero attached hydrogens (tertiary/aromatic N) is 1. The van der Waals surface area contributed by atoms with Crippen LogP contribution in [0.1, 0.15) is 59.8 Å². The Labute approximate surface area is 120 Å². The zero-order valence-electron chi connectivity index (χ0n) is 13.5. The van der Waals surface area contributed by atoms with Crippen LogP contribution in [0.5, 0.6) is 0 Å². The van der Waals surface area contributed by atoms with Gasteiger partial charge in [0, 0.05) is 31.3 Å². The lowest BCUT2D eigenvalue weighted by atomic mass is 10.2. The highest BCUT2D eigenvalue weighted by molar-refractivity contribution is 4.80. The molecule has 0 heterocycles. The number of nitrogens with one attached hydrogen (secondary N) is 1. The summed E-state index contributed by atoms with van der Waals surface area (Å²) in [5, 5.41) is 3.55. The maximum atomic E-state index is 5.74. The second kappa shape index (κ2) is 9.73. The highest BCUT2D eigenvalue weighted by Gasteiger charge is 2.19. The molecule has 0 radical (unpaired) electrons. The van der Waals surface area contributed by atoms with E-state index >= 15 is 0 Å². The van der Waals surface area contributed by atoms with Gasteiger partial charge in [-0.15, -0.1) is 0 Å². The Kier molecular flexibility index (Phi) is 8.67. The molecule has 1 aliphatic carbocycles. The Hall–Kier alpha value is -0.120. The zero-order valence-corrected chi connectivity index (χ0v) is 13.5. The molecule has 0 bridgehead atoms. The van der Waals surface area contributed by atoms with E-state index < -0.39 is 0 Å². The van der Waals surface area contributed by atoms with Crippen molar-refractivity contribution >= 4 is 0 Å². The molecule has 0 amide bonds. The van der Waals surface area contributed by atoms with Gasteiger partial charge in [0.15, 0.2) is 0 Å². The van der Waals surface area contributed by atoms with Crippen molar-refractivity contribution in [1.82, 2.24) is 10.2 Å². The maximum absolute atomic E-state index is 5.74. The summed E-state index contributed by atoms with van der Waals surface area (Å²) in [6.07, 6.45) is 6.58. The molecule has 0 spiro atoms. The van der Waals surface area contributed by atoms with Gasteiger partial charge < -0.3 is 10.1 Å². The normalized spacial score (nSPS) is 15.9. The monoisotopic (exact) mass is 270 g/mol. The quantitative estimate of drug-likeness (QED) is 0.552. The molecule has 1 aliphatic rings. The minimum Gasteiger partial charge on any atom is -0.380 e. The molecular formula is C16H34N2O. The summed E-state index contributed by atoms with van der Waals surface area (Å²) in [6, 6.07) is 2.07. The molecular weight excluding hydrogens is 236 g/mol. The van der Waals surface area contributed by atoms with Gasteiger partial charge in [-0.25, -0.2) is 0 Å². The van der Waals surface area contributed by atoms with Gasteiger partial charge in [-0.3, -0.25) is 4.90 Å². The number of hydrogen-bond donors (Lipinski definition) is 1. The molecule has 1 N–H and O–H groups in total. The lowest BCUT2D eigenvalue weighted by Gasteiger charge is -2.30. The van der Waals surface area contributed by atoms with Crippen molar-refractivity contribution < 1.29 is 4.74 Å². The number of ether oxygens (including phenoxy) is 1. The third-order valence-corrected chi connectivity index (χ3v) is 3.80. The minimum absolute atomic E-state index is 0.608. The first kappa shape index (κ1) is 16.9. The van der Waals surface area contributed by atoms with Crippen molar-refractivity contribution in [2.45, 2.75) is 77.9 Å². The van der Waals surface area contributed by atoms with Gasteiger partial charge in [0.25, 0.3) is 0 Å².